The molecule has 22 N–H and O–H groups in total. The van der Waals surface area contributed by atoms with Crippen molar-refractivity contribution in [3.63, 3.8) is 0 Å². The third-order valence-electron chi connectivity index (χ3n) is 25.2. The average molecular weight is 1870 g/mol. The molecule has 17 heterocycles. The van der Waals surface area contributed by atoms with E-state index in [-0.39, 0.29) is 59.2 Å². The third kappa shape index (κ3) is 15.8. The highest BCUT2D eigenvalue weighted by molar-refractivity contribution is 5.91. The number of aromatic amines is 1. The molecule has 7 aliphatic rings. The van der Waals surface area contributed by atoms with Crippen LogP contribution in [0.4, 0.5) is 34.9 Å². The number of carbonyl (C=O) groups excluding carboxylic acids is 6. The van der Waals surface area contributed by atoms with E-state index >= 15 is 0 Å². The van der Waals surface area contributed by atoms with Crippen molar-refractivity contribution in [3.05, 3.63) is 104 Å². The summed E-state index contributed by atoms with van der Waals surface area (Å²) in [6.45, 7) is 23.8. The number of carbonyl (C=O) groups is 6. The van der Waals surface area contributed by atoms with Gasteiger partial charge in [-0.1, -0.05) is 39.9 Å². The SMILES string of the molecule is C=CCn1cnc2c3[n+](cnc21)C(C)(O)C(O)C(C)(C(=O)[O-])N3.CC1(C(=O)[O-])Nc2c(O)ccc[n+]2C(C)(O)C1O.CC1(C(=O)[O-])Nc2c3[nH]cnc3nc[n+]2C(C)(O)C1O.CC1(C(=O)[O-])Nc2c3ncn(C4CC(O)C(CO)O4)c3nc[n+]2C(C)(O)C1O.CCC[n+]1ccc2n(c1=O)C(C)(O)C(O)C(C)(C(=O)[O-])N2.CCCn1cnc2c3[n+](cnc21)C(C)(O)C(O)C(C)(C(=O)[O-])N3. The number of nitrogens with zero attached hydrogens (tertiary/aromatic N) is 18. The molecule has 0 aliphatic carbocycles. The first-order valence-corrected chi connectivity index (χ1v) is 41.1. The van der Waals surface area contributed by atoms with E-state index in [1.165, 1.54) is 181 Å². The predicted octanol–water partition coefficient (Wildman–Crippen LogP) is -15.4. The van der Waals surface area contributed by atoms with Gasteiger partial charge in [0, 0.05) is 67.1 Å². The maximum Gasteiger partial charge on any atom is 0.502 e. The summed E-state index contributed by atoms with van der Waals surface area (Å²) in [6, 6.07) is 4.28. The molecule has 21 unspecified atom stereocenters. The van der Waals surface area contributed by atoms with Gasteiger partial charge in [0.15, 0.2) is 86.4 Å². The number of carboxylic acid groups (broad SMARTS) is 6. The Morgan fingerprint density at radius 3 is 1.32 bits per heavy atom. The topological polar surface area (TPSA) is 805 Å². The van der Waals surface area contributed by atoms with Gasteiger partial charge in [-0.15, -0.1) is 11.1 Å². The van der Waals surface area contributed by atoms with Crippen LogP contribution in [-0.4, -0.2) is 264 Å². The van der Waals surface area contributed by atoms with Gasteiger partial charge in [0.05, 0.1) is 86.4 Å². The standard InChI is InChI=1S/C16H21N5O7.C14H19N5O4.C14H17N5O4.C13H19N3O5.C11H13N5O4.C11H14N2O5/c1-15(14(25)26)13(24)16(2,27)21-6-18-11-10(12(21)19-15)17-5-20(11)9-3-7(23)8(4-22)28-9;2*1-4-5-18-6-15-8-9(18)16-7-19-10(8)17-13(2,12(21)22)11(20)14(19,3)23;1-4-6-15-7-5-8-14-12(2,10(18)19)9(17)13(3,21)16(8)11(15)20;1-10(9(18)19)8(17)11(2,20)16-4-14-6-5(7(16)15-10)12-3-13-6;1-10(9(16)17)8(15)11(2,18)13-5-3-4-6(14)7(13)12-10/h5-9,13,22-24,27H,3-4H2,1-2H3,(H,25,26);6-7,11,20,23H,4-5H2,1-3H3,(H,21,22);4,6-7,11,20,23H,1,5H2,2-3H3,(H,21,22);5,7,9,17,21H,4,6H2,1-3H3,(H,18,19);3-4,8,17,20H,1-2H3,(H2,12,13,15,18,19);3-5,8,15,18H,1-2H3,(H2,14,16,17). The normalized spacial score (nSPS) is 32.8. The molecular weight excluding hydrogens is 1760 g/mol. The average Bonchev–Trinajstić information content (AvgIpc) is 1.65. The first-order valence-electron chi connectivity index (χ1n) is 41.1. The van der Waals surface area contributed by atoms with E-state index < -0.39 is 164 Å². The summed E-state index contributed by atoms with van der Waals surface area (Å²) in [4.78, 5) is 117. The van der Waals surface area contributed by atoms with Crippen molar-refractivity contribution in [2.75, 3.05) is 38.5 Å². The van der Waals surface area contributed by atoms with Crippen molar-refractivity contribution in [2.24, 2.45) is 0 Å². The fraction of sp³-hybridized carbons (Fsp3) is 0.532. The Bertz CT molecular complexity index is 6340. The number of imidazole rings is 4. The van der Waals surface area contributed by atoms with Crippen LogP contribution in [0.5, 0.6) is 5.75 Å². The lowest BCUT2D eigenvalue weighted by molar-refractivity contribution is -0.807. The molecular formula is C79H103N25O29. The van der Waals surface area contributed by atoms with Crippen LogP contribution in [0.1, 0.15) is 122 Å². The van der Waals surface area contributed by atoms with Crippen molar-refractivity contribution in [1.82, 2.24) is 63.1 Å². The van der Waals surface area contributed by atoms with E-state index in [1.54, 1.807) is 21.5 Å². The Hall–Kier alpha value is -13.2. The molecule has 1 fully saturated rings. The Balaban J connectivity index is 0.000000145. The second-order valence-electron chi connectivity index (χ2n) is 35.2. The second-order valence-corrected chi connectivity index (χ2v) is 35.2. The number of anilines is 6. The minimum absolute atomic E-state index is 0.000463. The van der Waals surface area contributed by atoms with Gasteiger partial charge in [-0.05, 0) is 66.5 Å². The van der Waals surface area contributed by atoms with Gasteiger partial charge in [-0.3, -0.25) is 35.7 Å². The largest absolute Gasteiger partial charge is 0.547 e. The summed E-state index contributed by atoms with van der Waals surface area (Å²) in [6.07, 6.45) is 5.27. The molecule has 0 spiro atoms. The summed E-state index contributed by atoms with van der Waals surface area (Å²) in [5, 5.41) is 238. The number of aliphatic carboxylic acids is 6. The van der Waals surface area contributed by atoms with Crippen molar-refractivity contribution in [1.29, 1.82) is 0 Å². The molecule has 0 amide bonds. The van der Waals surface area contributed by atoms with E-state index in [9.17, 15) is 141 Å². The number of aliphatic hydroxyl groups excluding tert-OH is 8. The zero-order valence-electron chi connectivity index (χ0n) is 73.9. The van der Waals surface area contributed by atoms with E-state index in [1.807, 2.05) is 18.4 Å². The summed E-state index contributed by atoms with van der Waals surface area (Å²) in [5.41, 5.74) is -20.4. The number of fused-ring (bicyclic) bond motifs is 14. The summed E-state index contributed by atoms with van der Waals surface area (Å²) >= 11 is 0. The molecule has 54 nitrogen and oxygen atoms in total. The molecule has 17 rings (SSSR count). The molecule has 1 saturated heterocycles. The minimum atomic E-state index is -2.08. The Labute approximate surface area is 750 Å². The first kappa shape index (κ1) is 98.8. The summed E-state index contributed by atoms with van der Waals surface area (Å²) in [7, 11) is 0. The van der Waals surface area contributed by atoms with Crippen LogP contribution in [0, 0.1) is 0 Å². The fourth-order valence-electron chi connectivity index (χ4n) is 16.9. The van der Waals surface area contributed by atoms with Crippen LogP contribution < -0.4 is 95.6 Å². The number of hydrogen-bond acceptors (Lipinski definition) is 43. The van der Waals surface area contributed by atoms with Gasteiger partial charge in [-0.25, -0.2) is 38.2 Å². The number of H-pyrrole nitrogens is 1. The number of hydrogen-bond donors (Lipinski definition) is 22. The highest BCUT2D eigenvalue weighted by Crippen LogP contribution is 2.42. The molecule has 54 heteroatoms. The Kier molecular flexibility index (Phi) is 25.6. The number of nitrogens with one attached hydrogen (secondary N) is 7. The van der Waals surface area contributed by atoms with E-state index in [0.717, 1.165) is 15.6 Å². The lowest BCUT2D eigenvalue weighted by Gasteiger charge is -2.45. The molecule has 10 aromatic rings. The summed E-state index contributed by atoms with van der Waals surface area (Å²) < 4.78 is 19.2. The zero-order valence-corrected chi connectivity index (χ0v) is 73.9. The molecule has 0 bridgehead atoms. The number of allylic oxidation sites excluding steroid dienone is 1. The monoisotopic (exact) mass is 1870 g/mol. The molecule has 10 aromatic heterocycles. The van der Waals surface area contributed by atoms with Crippen LogP contribution in [-0.2, 0) is 87.5 Å². The second kappa shape index (κ2) is 34.4. The van der Waals surface area contributed by atoms with Crippen LogP contribution in [0.15, 0.2) is 98.7 Å². The van der Waals surface area contributed by atoms with Crippen molar-refractivity contribution in [2.45, 2.75) is 258 Å². The number of pyridine rings is 1. The predicted molar refractivity (Wildman–Crippen MR) is 432 cm³/mol. The lowest BCUT2D eigenvalue weighted by Crippen LogP contribution is -2.77. The summed E-state index contributed by atoms with van der Waals surface area (Å²) in [5.74, 6) is -8.56. The van der Waals surface area contributed by atoms with Gasteiger partial charge in [-0.2, -0.15) is 13.9 Å². The number of carboxylic acids is 6. The van der Waals surface area contributed by atoms with Gasteiger partial charge in [0.1, 0.15) is 24.2 Å². The maximum atomic E-state index is 12.4. The van der Waals surface area contributed by atoms with E-state index in [2.05, 4.69) is 83.3 Å². The number of aliphatic hydroxyl groups is 14. The molecule has 0 aromatic carbocycles. The van der Waals surface area contributed by atoms with Crippen LogP contribution >= 0.6 is 0 Å². The third-order valence-corrected chi connectivity index (χ3v) is 25.2. The Morgan fingerprint density at radius 2 is 0.887 bits per heavy atom. The zero-order chi connectivity index (χ0) is 98.8. The van der Waals surface area contributed by atoms with Crippen LogP contribution in [0.2, 0.25) is 0 Å². The van der Waals surface area contributed by atoms with Crippen LogP contribution in [0.3, 0.4) is 0 Å². The number of aryl methyl sites for hydroxylation is 2. The molecule has 0 radical (unpaired) electrons. The number of ether oxygens (including phenoxy) is 1. The number of aromatic nitrogens is 19. The fourth-order valence-corrected chi connectivity index (χ4v) is 16.9. The number of rotatable bonds is 14. The quantitative estimate of drug-likeness (QED) is 0.0355. The smallest absolute Gasteiger partial charge is 0.502 e. The van der Waals surface area contributed by atoms with Gasteiger partial charge in [0.2, 0.25) is 88.2 Å². The molecule has 133 heavy (non-hydrogen) atoms. The maximum absolute atomic E-state index is 12.4. The van der Waals surface area contributed by atoms with Crippen LogP contribution in [0.25, 0.3) is 44.7 Å². The highest BCUT2D eigenvalue weighted by atomic mass is 16.5. The Morgan fingerprint density at radius 1 is 0.496 bits per heavy atom. The minimum Gasteiger partial charge on any atom is -0.547 e. The highest BCUT2D eigenvalue weighted by Gasteiger charge is 2.63. The van der Waals surface area contributed by atoms with Crippen molar-refractivity contribution < 1.29 is 168 Å². The lowest BCUT2D eigenvalue weighted by atomic mass is 9.85. The van der Waals surface area contributed by atoms with E-state index in [4.69, 9.17) is 4.74 Å². The number of aromatic hydroxyl groups is 1. The molecule has 7 aliphatic heterocycles. The van der Waals surface area contributed by atoms with E-state index in [0.29, 0.717) is 65.2 Å². The van der Waals surface area contributed by atoms with Gasteiger partial charge < -0.3 is 156 Å². The first-order chi connectivity index (χ1) is 61.7. The molecule has 21 atom stereocenters. The van der Waals surface area contributed by atoms with Crippen molar-refractivity contribution in [3.8, 4) is 5.75 Å². The molecule has 0 saturated carbocycles. The van der Waals surface area contributed by atoms with Crippen molar-refractivity contribution >= 4 is 115 Å². The van der Waals surface area contributed by atoms with Gasteiger partial charge in [0.25, 0.3) is 28.9 Å². The molecule has 718 valence electrons. The van der Waals surface area contributed by atoms with Gasteiger partial charge >= 0.3 is 11.5 Å².